The molecule has 0 aliphatic carbocycles. The molecule has 0 saturated carbocycles. The van der Waals surface area contributed by atoms with Crippen molar-refractivity contribution in [2.45, 2.75) is 39.7 Å². The van der Waals surface area contributed by atoms with Gasteiger partial charge in [0.05, 0.1) is 0 Å². The van der Waals surface area contributed by atoms with Crippen LogP contribution in [0.15, 0.2) is 6.33 Å². The Hall–Kier alpha value is -2.29. The lowest BCUT2D eigenvalue weighted by Crippen LogP contribution is -2.43. The highest BCUT2D eigenvalue weighted by Crippen LogP contribution is 2.33. The second-order valence-electron chi connectivity index (χ2n) is 5.68. The molecule has 1 unspecified atom stereocenters. The predicted molar refractivity (Wildman–Crippen MR) is 90.1 cm³/mol. The van der Waals surface area contributed by atoms with Crippen LogP contribution in [0, 0.1) is 5.92 Å². The molecule has 3 heterocycles. The second-order valence-corrected chi connectivity index (χ2v) is 6.74. The summed E-state index contributed by atoms with van der Waals surface area (Å²) in [6.45, 7) is 6.07. The molecule has 2 aromatic heterocycles. The molecule has 9 heteroatoms. The summed E-state index contributed by atoms with van der Waals surface area (Å²) in [6.07, 6.45) is 3.38. The predicted octanol–water partition coefficient (Wildman–Crippen LogP) is 2.41. The molecule has 0 saturated heterocycles. The topological polar surface area (TPSA) is 105 Å². The molecule has 2 aromatic rings. The van der Waals surface area contributed by atoms with Gasteiger partial charge in [0.25, 0.3) is 0 Å². The molecule has 8 nitrogen and oxygen atoms in total. The van der Waals surface area contributed by atoms with Gasteiger partial charge in [0.15, 0.2) is 11.6 Å². The van der Waals surface area contributed by atoms with Gasteiger partial charge in [0, 0.05) is 6.42 Å². The zero-order chi connectivity index (χ0) is 16.4. The van der Waals surface area contributed by atoms with Gasteiger partial charge < -0.3 is 16.0 Å². The Morgan fingerprint density at radius 1 is 1.35 bits per heavy atom. The van der Waals surface area contributed by atoms with E-state index in [0.717, 1.165) is 17.8 Å². The molecule has 0 spiro atoms. The number of nitrogens with one attached hydrogen (secondary N) is 3. The van der Waals surface area contributed by atoms with Crippen LogP contribution in [0.5, 0.6) is 0 Å². The number of anilines is 4. The summed E-state index contributed by atoms with van der Waals surface area (Å²) in [5.74, 6) is 1.19. The highest BCUT2D eigenvalue weighted by atomic mass is 32.1. The quantitative estimate of drug-likeness (QED) is 0.771. The first kappa shape index (κ1) is 15.6. The normalized spacial score (nSPS) is 16.7. The van der Waals surface area contributed by atoms with Crippen LogP contribution in [0.4, 0.5) is 22.5 Å². The SMILES string of the molecule is CCCc1nnc(Nc2ncnc3c2NC(=O)C(C(C)C)N3)s1. The number of fused-ring (bicyclic) bond motifs is 1. The van der Waals surface area contributed by atoms with Crippen LogP contribution in [-0.4, -0.2) is 32.1 Å². The Bertz CT molecular complexity index is 715. The molecule has 0 radical (unpaired) electrons. The molecule has 0 bridgehead atoms. The molecule has 1 aliphatic rings. The average Bonchev–Trinajstić information content (AvgIpc) is 2.95. The Morgan fingerprint density at radius 3 is 2.91 bits per heavy atom. The van der Waals surface area contributed by atoms with Crippen molar-refractivity contribution in [3.05, 3.63) is 11.3 Å². The Morgan fingerprint density at radius 2 is 2.17 bits per heavy atom. The van der Waals surface area contributed by atoms with Crippen molar-refractivity contribution < 1.29 is 4.79 Å². The van der Waals surface area contributed by atoms with E-state index in [1.807, 2.05) is 13.8 Å². The third-order valence-corrected chi connectivity index (χ3v) is 4.39. The van der Waals surface area contributed by atoms with E-state index in [-0.39, 0.29) is 17.9 Å². The minimum absolute atomic E-state index is 0.0886. The van der Waals surface area contributed by atoms with Gasteiger partial charge in [-0.25, -0.2) is 9.97 Å². The van der Waals surface area contributed by atoms with Crippen molar-refractivity contribution in [1.29, 1.82) is 0 Å². The first-order valence-corrected chi connectivity index (χ1v) is 8.42. The molecule has 122 valence electrons. The maximum absolute atomic E-state index is 12.2. The smallest absolute Gasteiger partial charge is 0.247 e. The van der Waals surface area contributed by atoms with Crippen molar-refractivity contribution in [3.8, 4) is 0 Å². The van der Waals surface area contributed by atoms with Crippen molar-refractivity contribution in [2.24, 2.45) is 5.92 Å². The van der Waals surface area contributed by atoms with E-state index in [2.05, 4.69) is 43.0 Å². The fourth-order valence-electron chi connectivity index (χ4n) is 2.31. The summed E-state index contributed by atoms with van der Waals surface area (Å²) in [5, 5.41) is 19.0. The van der Waals surface area contributed by atoms with Gasteiger partial charge in [-0.15, -0.1) is 10.2 Å². The van der Waals surface area contributed by atoms with Crippen molar-refractivity contribution in [3.63, 3.8) is 0 Å². The van der Waals surface area contributed by atoms with Gasteiger partial charge in [0.2, 0.25) is 11.0 Å². The third-order valence-electron chi connectivity index (χ3n) is 3.49. The summed E-state index contributed by atoms with van der Waals surface area (Å²) in [4.78, 5) is 20.6. The number of nitrogens with zero attached hydrogens (tertiary/aromatic N) is 4. The summed E-state index contributed by atoms with van der Waals surface area (Å²) >= 11 is 1.48. The van der Waals surface area contributed by atoms with Crippen LogP contribution in [0.2, 0.25) is 0 Å². The van der Waals surface area contributed by atoms with Crippen molar-refractivity contribution in [2.75, 3.05) is 16.0 Å². The lowest BCUT2D eigenvalue weighted by atomic mass is 10.0. The van der Waals surface area contributed by atoms with Crippen LogP contribution in [0.1, 0.15) is 32.2 Å². The largest absolute Gasteiger partial charge is 0.356 e. The first-order valence-electron chi connectivity index (χ1n) is 7.60. The van der Waals surface area contributed by atoms with Gasteiger partial charge >= 0.3 is 0 Å². The van der Waals surface area contributed by atoms with Crippen LogP contribution < -0.4 is 16.0 Å². The first-order chi connectivity index (χ1) is 11.1. The third kappa shape index (κ3) is 3.24. The molecule has 0 fully saturated rings. The molecule has 0 aromatic carbocycles. The van der Waals surface area contributed by atoms with Gasteiger partial charge in [0.1, 0.15) is 23.1 Å². The van der Waals surface area contributed by atoms with Crippen molar-refractivity contribution in [1.82, 2.24) is 20.2 Å². The van der Waals surface area contributed by atoms with E-state index in [9.17, 15) is 4.79 Å². The number of amides is 1. The lowest BCUT2D eigenvalue weighted by Gasteiger charge is -2.28. The molecular weight excluding hydrogens is 314 g/mol. The summed E-state index contributed by atoms with van der Waals surface area (Å²) in [7, 11) is 0. The second kappa shape index (κ2) is 6.45. The highest BCUT2D eigenvalue weighted by Gasteiger charge is 2.30. The molecule has 1 atom stereocenters. The minimum Gasteiger partial charge on any atom is -0.356 e. The average molecular weight is 333 g/mol. The fraction of sp³-hybridized carbons (Fsp3) is 0.500. The van der Waals surface area contributed by atoms with E-state index >= 15 is 0 Å². The number of carbonyl (C=O) groups is 1. The molecule has 1 aliphatic heterocycles. The van der Waals surface area contributed by atoms with E-state index in [4.69, 9.17) is 0 Å². The monoisotopic (exact) mass is 333 g/mol. The molecule has 3 rings (SSSR count). The number of hydrogen-bond acceptors (Lipinski definition) is 8. The van der Waals surface area contributed by atoms with Crippen LogP contribution in [0.3, 0.4) is 0 Å². The maximum Gasteiger partial charge on any atom is 0.247 e. The van der Waals surface area contributed by atoms with Crippen LogP contribution >= 0.6 is 11.3 Å². The van der Waals surface area contributed by atoms with Gasteiger partial charge in [-0.1, -0.05) is 32.1 Å². The van der Waals surface area contributed by atoms with E-state index in [1.165, 1.54) is 17.7 Å². The summed E-state index contributed by atoms with van der Waals surface area (Å²) in [6, 6.07) is -0.303. The minimum atomic E-state index is -0.303. The molecule has 3 N–H and O–H groups in total. The number of rotatable bonds is 5. The molecular formula is C14H19N7OS. The van der Waals surface area contributed by atoms with Gasteiger partial charge in [-0.2, -0.15) is 0 Å². The van der Waals surface area contributed by atoms with E-state index in [0.29, 0.717) is 22.5 Å². The van der Waals surface area contributed by atoms with E-state index in [1.54, 1.807) is 0 Å². The maximum atomic E-state index is 12.2. The highest BCUT2D eigenvalue weighted by molar-refractivity contribution is 7.15. The van der Waals surface area contributed by atoms with Crippen LogP contribution in [-0.2, 0) is 11.2 Å². The molecule has 1 amide bonds. The standard InChI is InChI=1S/C14H19N7OS/c1-4-5-8-20-21-14(23-8)19-12-10-11(15-6-16-12)17-9(7(2)3)13(22)18-10/h6-7,9H,4-5H2,1-3H3,(H,18,22)(H2,15,16,17,19,21). The fourth-order valence-corrected chi connectivity index (χ4v) is 3.15. The number of aryl methyl sites for hydroxylation is 1. The van der Waals surface area contributed by atoms with Gasteiger partial charge in [-0.05, 0) is 12.3 Å². The van der Waals surface area contributed by atoms with Crippen molar-refractivity contribution >= 4 is 39.7 Å². The number of hydrogen-bond donors (Lipinski definition) is 3. The Balaban J connectivity index is 1.84. The summed E-state index contributed by atoms with van der Waals surface area (Å²) in [5.41, 5.74) is 0.543. The van der Waals surface area contributed by atoms with Gasteiger partial charge in [-0.3, -0.25) is 4.79 Å². The Kier molecular flexibility index (Phi) is 4.37. The van der Waals surface area contributed by atoms with Crippen LogP contribution in [0.25, 0.3) is 0 Å². The zero-order valence-corrected chi connectivity index (χ0v) is 14.1. The summed E-state index contributed by atoms with van der Waals surface area (Å²) < 4.78 is 0. The molecule has 23 heavy (non-hydrogen) atoms. The van der Waals surface area contributed by atoms with E-state index < -0.39 is 0 Å². The Labute approximate surface area is 138 Å². The number of aromatic nitrogens is 4. The lowest BCUT2D eigenvalue weighted by molar-refractivity contribution is -0.117. The number of carbonyl (C=O) groups excluding carboxylic acids is 1. The zero-order valence-electron chi connectivity index (χ0n) is 13.3.